The Morgan fingerprint density at radius 1 is 0.217 bits per heavy atom. The van der Waals surface area contributed by atoms with Crippen molar-refractivity contribution in [2.24, 2.45) is 0 Å². The first kappa shape index (κ1) is 68.8. The van der Waals surface area contributed by atoms with Crippen LogP contribution in [-0.2, 0) is 4.79 Å². The van der Waals surface area contributed by atoms with Crippen LogP contribution in [0.15, 0.2) is 0 Å². The molecule has 0 unspecified atom stereocenters. The average molecular weight is 991 g/mol. The summed E-state index contributed by atoms with van der Waals surface area (Å²) in [6.45, 7) is 6.43. The molecule has 0 aliphatic heterocycles. The fourth-order valence-corrected chi connectivity index (χ4v) is 11.3. The zero-order valence-electron chi connectivity index (χ0n) is 48.3. The molecule has 3 heteroatoms. The highest BCUT2D eigenvalue weighted by Gasteiger charge is 2.11. The number of amides is 1. The lowest BCUT2D eigenvalue weighted by Crippen LogP contribution is -2.33. The van der Waals surface area contributed by atoms with Gasteiger partial charge in [-0.15, -0.1) is 11.6 Å². The number of alkyl halides is 1. The fourth-order valence-electron chi connectivity index (χ4n) is 11.1. The summed E-state index contributed by atoms with van der Waals surface area (Å²) in [6.07, 6.45) is 86.0. The van der Waals surface area contributed by atoms with Crippen molar-refractivity contribution in [1.82, 2.24) is 4.90 Å². The molecule has 0 aliphatic rings. The van der Waals surface area contributed by atoms with Gasteiger partial charge in [0.2, 0.25) is 5.91 Å². The van der Waals surface area contributed by atoms with Crippen LogP contribution in [0.25, 0.3) is 0 Å². The molecule has 0 saturated heterocycles. The molecule has 0 atom stereocenters. The second-order valence-electron chi connectivity index (χ2n) is 23.0. The number of halogens is 1. The van der Waals surface area contributed by atoms with E-state index < -0.39 is 0 Å². The number of carbonyl (C=O) groups excluding carboxylic acids is 1. The molecule has 2 nitrogen and oxygen atoms in total. The standard InChI is InChI=1S/C66H132ClNO/c1-3-5-7-9-11-13-15-17-19-21-23-25-27-29-31-33-35-37-39-41-43-45-47-49-51-53-55-57-59-61-63-68(66(69)65-67)64-62-60-58-56-54-52-50-48-46-44-42-40-38-36-34-32-30-28-26-24-22-20-18-16-14-12-10-8-6-4-2/h3-65H2,1-2H3. The second-order valence-corrected chi connectivity index (χ2v) is 23.3. The summed E-state index contributed by atoms with van der Waals surface area (Å²) < 4.78 is 0. The molecule has 0 heterocycles. The van der Waals surface area contributed by atoms with Gasteiger partial charge in [-0.05, 0) is 12.8 Å². The molecule has 414 valence electrons. The second kappa shape index (κ2) is 63.9. The van der Waals surface area contributed by atoms with Gasteiger partial charge < -0.3 is 4.90 Å². The fraction of sp³-hybridized carbons (Fsp3) is 0.985. The summed E-state index contributed by atoms with van der Waals surface area (Å²) in [6, 6.07) is 0. The van der Waals surface area contributed by atoms with Gasteiger partial charge in [-0.2, -0.15) is 0 Å². The molecule has 0 aromatic heterocycles. The maximum atomic E-state index is 12.5. The van der Waals surface area contributed by atoms with E-state index in [1.165, 1.54) is 372 Å². The van der Waals surface area contributed by atoms with E-state index in [-0.39, 0.29) is 11.8 Å². The van der Waals surface area contributed by atoms with Crippen molar-refractivity contribution in [2.75, 3.05) is 19.0 Å². The van der Waals surface area contributed by atoms with Gasteiger partial charge in [-0.25, -0.2) is 0 Å². The Morgan fingerprint density at radius 2 is 0.333 bits per heavy atom. The van der Waals surface area contributed by atoms with E-state index >= 15 is 0 Å². The topological polar surface area (TPSA) is 20.3 Å². The number of carbonyl (C=O) groups is 1. The SMILES string of the molecule is CCCCCCCCCCCCCCCCCCCCCCCCCCCCCCCCN(CCCCCCCCCCCCCCCCCCCCCCCCCCCCCCCC)C(=O)CCl. The van der Waals surface area contributed by atoms with Crippen molar-refractivity contribution in [1.29, 1.82) is 0 Å². The summed E-state index contributed by atoms with van der Waals surface area (Å²) >= 11 is 6.00. The molecule has 0 radical (unpaired) electrons. The van der Waals surface area contributed by atoms with E-state index in [1.54, 1.807) is 0 Å². The van der Waals surface area contributed by atoms with Crippen molar-refractivity contribution >= 4 is 17.5 Å². The minimum absolute atomic E-state index is 0.138. The van der Waals surface area contributed by atoms with E-state index in [9.17, 15) is 4.79 Å². The lowest BCUT2D eigenvalue weighted by atomic mass is 10.0. The molecule has 0 aromatic carbocycles. The quantitative estimate of drug-likeness (QED) is 0.0439. The van der Waals surface area contributed by atoms with Crippen LogP contribution in [0, 0.1) is 0 Å². The predicted octanol–water partition coefficient (Wildman–Crippen LogP) is 24.5. The van der Waals surface area contributed by atoms with Gasteiger partial charge in [-0.1, -0.05) is 386 Å². The number of unbranched alkanes of at least 4 members (excludes halogenated alkanes) is 58. The van der Waals surface area contributed by atoms with Crippen LogP contribution in [0.3, 0.4) is 0 Å². The van der Waals surface area contributed by atoms with E-state index in [4.69, 9.17) is 11.6 Å². The van der Waals surface area contributed by atoms with Gasteiger partial charge in [0, 0.05) is 13.1 Å². The molecular formula is C66H132ClNO. The molecule has 69 heavy (non-hydrogen) atoms. The molecule has 0 bridgehead atoms. The summed E-state index contributed by atoms with van der Waals surface area (Å²) in [5.74, 6) is 0.279. The molecule has 0 N–H and O–H groups in total. The molecule has 1 amide bonds. The third-order valence-corrected chi connectivity index (χ3v) is 16.3. The minimum Gasteiger partial charge on any atom is -0.342 e. The molecule has 0 rings (SSSR count). The highest BCUT2D eigenvalue weighted by Crippen LogP contribution is 2.20. The minimum atomic E-state index is 0.138. The van der Waals surface area contributed by atoms with Crippen molar-refractivity contribution in [2.45, 2.75) is 399 Å². The molecule has 0 aromatic rings. The van der Waals surface area contributed by atoms with Gasteiger partial charge in [0.1, 0.15) is 5.88 Å². The first-order valence-corrected chi connectivity index (χ1v) is 33.6. The van der Waals surface area contributed by atoms with Gasteiger partial charge in [0.15, 0.2) is 0 Å². The first-order chi connectivity index (χ1) is 34.3. The normalized spacial score (nSPS) is 11.6. The van der Waals surface area contributed by atoms with Crippen LogP contribution in [0.5, 0.6) is 0 Å². The first-order valence-electron chi connectivity index (χ1n) is 33.1. The van der Waals surface area contributed by atoms with E-state index in [0.29, 0.717) is 0 Å². The summed E-state index contributed by atoms with van der Waals surface area (Å²) in [4.78, 5) is 14.6. The molecule has 0 saturated carbocycles. The highest BCUT2D eigenvalue weighted by molar-refractivity contribution is 6.27. The van der Waals surface area contributed by atoms with Crippen LogP contribution < -0.4 is 0 Å². The van der Waals surface area contributed by atoms with Crippen LogP contribution in [0.4, 0.5) is 0 Å². The van der Waals surface area contributed by atoms with Crippen molar-refractivity contribution < 1.29 is 4.79 Å². The zero-order valence-corrected chi connectivity index (χ0v) is 49.0. The lowest BCUT2D eigenvalue weighted by molar-refractivity contribution is -0.128. The van der Waals surface area contributed by atoms with Crippen molar-refractivity contribution in [3.05, 3.63) is 0 Å². The average Bonchev–Trinajstić information content (AvgIpc) is 3.36. The third kappa shape index (κ3) is 60.2. The van der Waals surface area contributed by atoms with Gasteiger partial charge in [0.25, 0.3) is 0 Å². The van der Waals surface area contributed by atoms with Crippen molar-refractivity contribution in [3.8, 4) is 0 Å². The lowest BCUT2D eigenvalue weighted by Gasteiger charge is -2.22. The van der Waals surface area contributed by atoms with E-state index in [1.807, 2.05) is 0 Å². The highest BCUT2D eigenvalue weighted by atomic mass is 35.5. The maximum Gasteiger partial charge on any atom is 0.237 e. The third-order valence-electron chi connectivity index (χ3n) is 16.0. The number of nitrogens with zero attached hydrogens (tertiary/aromatic N) is 1. The van der Waals surface area contributed by atoms with Crippen LogP contribution in [-0.4, -0.2) is 29.8 Å². The Kier molecular flexibility index (Phi) is 63.7. The largest absolute Gasteiger partial charge is 0.342 e. The molecule has 0 fully saturated rings. The Morgan fingerprint density at radius 3 is 0.449 bits per heavy atom. The molecule has 0 aliphatic carbocycles. The van der Waals surface area contributed by atoms with Crippen LogP contribution in [0.2, 0.25) is 0 Å². The smallest absolute Gasteiger partial charge is 0.237 e. The number of hydrogen-bond acceptors (Lipinski definition) is 1. The maximum absolute atomic E-state index is 12.5. The summed E-state index contributed by atoms with van der Waals surface area (Å²) in [5, 5.41) is 0. The van der Waals surface area contributed by atoms with Gasteiger partial charge in [0.05, 0.1) is 0 Å². The Balaban J connectivity index is 3.35. The Bertz CT molecular complexity index is 843. The zero-order chi connectivity index (χ0) is 49.7. The van der Waals surface area contributed by atoms with Gasteiger partial charge in [-0.3, -0.25) is 4.79 Å². The summed E-state index contributed by atoms with van der Waals surface area (Å²) in [5.41, 5.74) is 0. The Hall–Kier alpha value is -0.240. The monoisotopic (exact) mass is 990 g/mol. The molecule has 0 spiro atoms. The van der Waals surface area contributed by atoms with Crippen LogP contribution >= 0.6 is 11.6 Å². The van der Waals surface area contributed by atoms with Crippen molar-refractivity contribution in [3.63, 3.8) is 0 Å². The number of hydrogen-bond donors (Lipinski definition) is 0. The Labute approximate surface area is 443 Å². The van der Waals surface area contributed by atoms with Crippen LogP contribution in [0.1, 0.15) is 399 Å². The van der Waals surface area contributed by atoms with Gasteiger partial charge >= 0.3 is 0 Å². The molecular weight excluding hydrogens is 858 g/mol. The number of rotatable bonds is 63. The van der Waals surface area contributed by atoms with E-state index in [2.05, 4.69) is 18.7 Å². The van der Waals surface area contributed by atoms with E-state index in [0.717, 1.165) is 25.9 Å². The summed E-state index contributed by atoms with van der Waals surface area (Å²) in [7, 11) is 0. The predicted molar refractivity (Wildman–Crippen MR) is 316 cm³/mol.